The first-order valence-corrected chi connectivity index (χ1v) is 4.88. The second-order valence-electron chi connectivity index (χ2n) is 3.99. The predicted octanol–water partition coefficient (Wildman–Crippen LogP) is 1.40. The van der Waals surface area contributed by atoms with Gasteiger partial charge in [0, 0.05) is 11.6 Å². The van der Waals surface area contributed by atoms with E-state index in [1.165, 1.54) is 0 Å². The molecule has 0 spiro atoms. The number of rotatable bonds is 2. The van der Waals surface area contributed by atoms with Crippen molar-refractivity contribution in [1.29, 1.82) is 0 Å². The molecule has 0 amide bonds. The van der Waals surface area contributed by atoms with Crippen molar-refractivity contribution in [3.8, 4) is 0 Å². The Hall–Kier alpha value is -1.45. The minimum atomic E-state index is -0.725. The molecule has 1 atom stereocenters. The minimum Gasteiger partial charge on any atom is -0.394 e. The van der Waals surface area contributed by atoms with E-state index in [0.717, 1.165) is 16.5 Å². The normalized spacial score (nSPS) is 15.1. The summed E-state index contributed by atoms with van der Waals surface area (Å²) in [7, 11) is 0. The molecule has 1 heterocycles. The zero-order valence-electron chi connectivity index (χ0n) is 8.64. The molecular formula is C12H14N2O. The maximum Gasteiger partial charge on any atom is 0.0702 e. The van der Waals surface area contributed by atoms with Crippen molar-refractivity contribution in [2.75, 3.05) is 6.61 Å². The van der Waals surface area contributed by atoms with Crippen LogP contribution in [0.15, 0.2) is 36.5 Å². The summed E-state index contributed by atoms with van der Waals surface area (Å²) in [6.07, 6.45) is 1.72. The highest BCUT2D eigenvalue weighted by atomic mass is 16.3. The summed E-state index contributed by atoms with van der Waals surface area (Å²) in [4.78, 5) is 4.30. The van der Waals surface area contributed by atoms with Gasteiger partial charge in [0.25, 0.3) is 0 Å². The van der Waals surface area contributed by atoms with Gasteiger partial charge in [0.2, 0.25) is 0 Å². The van der Waals surface area contributed by atoms with Gasteiger partial charge in [-0.15, -0.1) is 0 Å². The fraction of sp³-hybridized carbons (Fsp3) is 0.250. The van der Waals surface area contributed by atoms with Crippen LogP contribution in [-0.2, 0) is 5.54 Å². The number of hydrogen-bond acceptors (Lipinski definition) is 3. The molecule has 3 heteroatoms. The lowest BCUT2D eigenvalue weighted by atomic mass is 9.95. The smallest absolute Gasteiger partial charge is 0.0702 e. The number of nitrogens with zero attached hydrogens (tertiary/aromatic N) is 1. The van der Waals surface area contributed by atoms with Crippen LogP contribution in [0.1, 0.15) is 12.5 Å². The number of para-hydroxylation sites is 1. The first-order valence-electron chi connectivity index (χ1n) is 4.88. The van der Waals surface area contributed by atoms with Crippen molar-refractivity contribution in [1.82, 2.24) is 4.98 Å². The van der Waals surface area contributed by atoms with Gasteiger partial charge in [-0.3, -0.25) is 4.98 Å². The average molecular weight is 202 g/mol. The first-order chi connectivity index (χ1) is 7.13. The summed E-state index contributed by atoms with van der Waals surface area (Å²) in [5.41, 5.74) is 7.00. The lowest BCUT2D eigenvalue weighted by molar-refractivity contribution is 0.210. The number of pyridine rings is 1. The van der Waals surface area contributed by atoms with Crippen LogP contribution in [0.25, 0.3) is 10.9 Å². The fourth-order valence-electron chi connectivity index (χ4n) is 1.47. The quantitative estimate of drug-likeness (QED) is 0.774. The van der Waals surface area contributed by atoms with Crippen molar-refractivity contribution < 1.29 is 5.11 Å². The van der Waals surface area contributed by atoms with Crippen LogP contribution in [0.3, 0.4) is 0 Å². The maximum absolute atomic E-state index is 9.17. The molecule has 3 nitrogen and oxygen atoms in total. The number of aromatic nitrogens is 1. The SMILES string of the molecule is CC(N)(CO)c1cnc2ccccc2c1. The number of aliphatic hydroxyl groups is 1. The van der Waals surface area contributed by atoms with Gasteiger partial charge < -0.3 is 10.8 Å². The summed E-state index contributed by atoms with van der Waals surface area (Å²) in [5.74, 6) is 0. The van der Waals surface area contributed by atoms with Crippen LogP contribution in [0, 0.1) is 0 Å². The molecule has 1 aromatic heterocycles. The molecule has 0 bridgehead atoms. The van der Waals surface area contributed by atoms with E-state index in [2.05, 4.69) is 4.98 Å². The molecule has 3 N–H and O–H groups in total. The van der Waals surface area contributed by atoms with E-state index in [-0.39, 0.29) is 6.61 Å². The van der Waals surface area contributed by atoms with Crippen LogP contribution in [0.5, 0.6) is 0 Å². The minimum absolute atomic E-state index is 0.0903. The van der Waals surface area contributed by atoms with Crippen molar-refractivity contribution >= 4 is 10.9 Å². The fourth-order valence-corrected chi connectivity index (χ4v) is 1.47. The van der Waals surface area contributed by atoms with E-state index in [1.54, 1.807) is 13.1 Å². The molecule has 0 saturated carbocycles. The molecule has 0 aliphatic rings. The van der Waals surface area contributed by atoms with E-state index in [9.17, 15) is 0 Å². The third-order valence-electron chi connectivity index (χ3n) is 2.58. The van der Waals surface area contributed by atoms with Crippen molar-refractivity contribution in [2.24, 2.45) is 5.73 Å². The molecular weight excluding hydrogens is 188 g/mol. The number of benzene rings is 1. The van der Waals surface area contributed by atoms with Crippen molar-refractivity contribution in [3.05, 3.63) is 42.1 Å². The second kappa shape index (κ2) is 3.61. The molecule has 1 unspecified atom stereocenters. The summed E-state index contributed by atoms with van der Waals surface area (Å²) >= 11 is 0. The number of nitrogens with two attached hydrogens (primary N) is 1. The van der Waals surface area contributed by atoms with Crippen LogP contribution in [0.2, 0.25) is 0 Å². The van der Waals surface area contributed by atoms with E-state index in [1.807, 2.05) is 30.3 Å². The molecule has 0 radical (unpaired) electrons. The maximum atomic E-state index is 9.17. The monoisotopic (exact) mass is 202 g/mol. The highest BCUT2D eigenvalue weighted by Gasteiger charge is 2.20. The van der Waals surface area contributed by atoms with Gasteiger partial charge >= 0.3 is 0 Å². The predicted molar refractivity (Wildman–Crippen MR) is 60.4 cm³/mol. The lowest BCUT2D eigenvalue weighted by Crippen LogP contribution is -2.37. The summed E-state index contributed by atoms with van der Waals surface area (Å²) < 4.78 is 0. The largest absolute Gasteiger partial charge is 0.394 e. The molecule has 78 valence electrons. The van der Waals surface area contributed by atoms with Gasteiger partial charge in [0.1, 0.15) is 0 Å². The second-order valence-corrected chi connectivity index (χ2v) is 3.99. The van der Waals surface area contributed by atoms with Crippen molar-refractivity contribution in [3.63, 3.8) is 0 Å². The van der Waals surface area contributed by atoms with E-state index in [0.29, 0.717) is 0 Å². The first kappa shape index (κ1) is 10.1. The van der Waals surface area contributed by atoms with Crippen LogP contribution in [-0.4, -0.2) is 16.7 Å². The van der Waals surface area contributed by atoms with Gasteiger partial charge in [-0.25, -0.2) is 0 Å². The Morgan fingerprint density at radius 3 is 2.87 bits per heavy atom. The highest BCUT2D eigenvalue weighted by molar-refractivity contribution is 5.78. The van der Waals surface area contributed by atoms with Gasteiger partial charge in [-0.1, -0.05) is 18.2 Å². The zero-order chi connectivity index (χ0) is 10.9. The highest BCUT2D eigenvalue weighted by Crippen LogP contribution is 2.20. The molecule has 0 aliphatic carbocycles. The van der Waals surface area contributed by atoms with E-state index >= 15 is 0 Å². The lowest BCUT2D eigenvalue weighted by Gasteiger charge is -2.21. The molecule has 15 heavy (non-hydrogen) atoms. The van der Waals surface area contributed by atoms with Crippen LogP contribution in [0.4, 0.5) is 0 Å². The Kier molecular flexibility index (Phi) is 2.42. The average Bonchev–Trinajstić information content (AvgIpc) is 2.28. The zero-order valence-corrected chi connectivity index (χ0v) is 8.64. The van der Waals surface area contributed by atoms with Gasteiger partial charge in [-0.2, -0.15) is 0 Å². The molecule has 2 rings (SSSR count). The van der Waals surface area contributed by atoms with Crippen molar-refractivity contribution in [2.45, 2.75) is 12.5 Å². The summed E-state index contributed by atoms with van der Waals surface area (Å²) in [6.45, 7) is 1.70. The standard InChI is InChI=1S/C12H14N2O/c1-12(13,8-15)10-6-9-4-2-3-5-11(9)14-7-10/h2-7,15H,8,13H2,1H3. The molecule has 2 aromatic rings. The van der Waals surface area contributed by atoms with E-state index in [4.69, 9.17) is 10.8 Å². The third-order valence-corrected chi connectivity index (χ3v) is 2.58. The molecule has 0 fully saturated rings. The van der Waals surface area contributed by atoms with E-state index < -0.39 is 5.54 Å². The Bertz CT molecular complexity index is 480. The Morgan fingerprint density at radius 2 is 2.13 bits per heavy atom. The number of aliphatic hydroxyl groups excluding tert-OH is 1. The molecule has 0 saturated heterocycles. The number of hydrogen-bond donors (Lipinski definition) is 2. The summed E-state index contributed by atoms with van der Waals surface area (Å²) in [5, 5.41) is 10.2. The summed E-state index contributed by atoms with van der Waals surface area (Å²) in [6, 6.07) is 9.81. The third kappa shape index (κ3) is 1.84. The van der Waals surface area contributed by atoms with Crippen LogP contribution >= 0.6 is 0 Å². The Balaban J connectivity index is 2.56. The Morgan fingerprint density at radius 1 is 1.40 bits per heavy atom. The van der Waals surface area contributed by atoms with Crippen LogP contribution < -0.4 is 5.73 Å². The molecule has 1 aromatic carbocycles. The van der Waals surface area contributed by atoms with Gasteiger partial charge in [0.15, 0.2) is 0 Å². The number of fused-ring (bicyclic) bond motifs is 1. The Labute approximate surface area is 88.6 Å². The van der Waals surface area contributed by atoms with Gasteiger partial charge in [-0.05, 0) is 24.6 Å². The van der Waals surface area contributed by atoms with Gasteiger partial charge in [0.05, 0.1) is 17.7 Å². The topological polar surface area (TPSA) is 59.1 Å². The molecule has 0 aliphatic heterocycles.